The SMILES string of the molecule is C/C=C/C1(C)OCc2c(ccc3ccccc23)O1. The van der Waals surface area contributed by atoms with Crippen LogP contribution in [0.15, 0.2) is 48.6 Å². The van der Waals surface area contributed by atoms with Crippen molar-refractivity contribution in [2.24, 2.45) is 0 Å². The minimum atomic E-state index is -0.649. The van der Waals surface area contributed by atoms with Crippen molar-refractivity contribution in [3.63, 3.8) is 0 Å². The second-order valence-electron chi connectivity index (χ2n) is 4.67. The van der Waals surface area contributed by atoms with Crippen LogP contribution in [-0.2, 0) is 11.3 Å². The average Bonchev–Trinajstić information content (AvgIpc) is 2.38. The molecule has 0 spiro atoms. The Bertz CT molecular complexity index is 616. The zero-order valence-corrected chi connectivity index (χ0v) is 10.6. The van der Waals surface area contributed by atoms with Crippen molar-refractivity contribution < 1.29 is 9.47 Å². The summed E-state index contributed by atoms with van der Waals surface area (Å²) in [7, 11) is 0. The molecule has 0 aromatic heterocycles. The van der Waals surface area contributed by atoms with Gasteiger partial charge in [0.2, 0.25) is 5.79 Å². The highest BCUT2D eigenvalue weighted by Crippen LogP contribution is 2.36. The van der Waals surface area contributed by atoms with E-state index in [0.717, 1.165) is 11.3 Å². The minimum Gasteiger partial charge on any atom is -0.459 e. The second-order valence-corrected chi connectivity index (χ2v) is 4.67. The molecule has 0 bridgehead atoms. The summed E-state index contributed by atoms with van der Waals surface area (Å²) in [5.41, 5.74) is 1.13. The lowest BCUT2D eigenvalue weighted by Gasteiger charge is -2.33. The lowest BCUT2D eigenvalue weighted by atomic mass is 10.0. The van der Waals surface area contributed by atoms with E-state index in [0.29, 0.717) is 6.61 Å². The third-order valence-electron chi connectivity index (χ3n) is 3.28. The number of fused-ring (bicyclic) bond motifs is 3. The maximum atomic E-state index is 5.96. The van der Waals surface area contributed by atoms with Gasteiger partial charge in [-0.2, -0.15) is 0 Å². The van der Waals surface area contributed by atoms with Crippen molar-refractivity contribution in [2.45, 2.75) is 26.2 Å². The number of ether oxygens (including phenoxy) is 2. The molecule has 3 rings (SSSR count). The van der Waals surface area contributed by atoms with Gasteiger partial charge in [-0.3, -0.25) is 0 Å². The fourth-order valence-corrected chi connectivity index (χ4v) is 2.41. The summed E-state index contributed by atoms with van der Waals surface area (Å²) in [5, 5.41) is 2.43. The zero-order chi connectivity index (χ0) is 12.6. The summed E-state index contributed by atoms with van der Waals surface area (Å²) in [6.07, 6.45) is 3.89. The van der Waals surface area contributed by atoms with Crippen molar-refractivity contribution in [3.8, 4) is 5.75 Å². The van der Waals surface area contributed by atoms with Crippen LogP contribution < -0.4 is 4.74 Å². The van der Waals surface area contributed by atoms with Crippen LogP contribution >= 0.6 is 0 Å². The van der Waals surface area contributed by atoms with Crippen molar-refractivity contribution in [1.29, 1.82) is 0 Å². The molecule has 0 N–H and O–H groups in total. The molecule has 0 saturated carbocycles. The Morgan fingerprint density at radius 3 is 2.83 bits per heavy atom. The standard InChI is InChI=1S/C16H16O2/c1-3-10-16(2)17-11-14-13-7-5-4-6-12(13)8-9-15(14)18-16/h3-10H,11H2,1-2H3/b10-3+. The molecule has 1 heterocycles. The first kappa shape index (κ1) is 11.3. The van der Waals surface area contributed by atoms with Gasteiger partial charge in [-0.15, -0.1) is 0 Å². The van der Waals surface area contributed by atoms with Crippen LogP contribution in [0.25, 0.3) is 10.8 Å². The smallest absolute Gasteiger partial charge is 0.227 e. The molecule has 1 atom stereocenters. The van der Waals surface area contributed by atoms with Crippen molar-refractivity contribution in [1.82, 2.24) is 0 Å². The highest BCUT2D eigenvalue weighted by atomic mass is 16.7. The van der Waals surface area contributed by atoms with Crippen LogP contribution in [0.2, 0.25) is 0 Å². The van der Waals surface area contributed by atoms with Gasteiger partial charge in [0.05, 0.1) is 6.61 Å². The molecule has 0 amide bonds. The quantitative estimate of drug-likeness (QED) is 0.700. The summed E-state index contributed by atoms with van der Waals surface area (Å²) in [6.45, 7) is 4.48. The molecule has 1 aliphatic heterocycles. The van der Waals surface area contributed by atoms with Gasteiger partial charge in [-0.25, -0.2) is 0 Å². The molecule has 2 nitrogen and oxygen atoms in total. The van der Waals surface area contributed by atoms with Crippen LogP contribution in [-0.4, -0.2) is 5.79 Å². The molecule has 0 aliphatic carbocycles. The Kier molecular flexibility index (Phi) is 2.60. The molecular weight excluding hydrogens is 224 g/mol. The number of benzene rings is 2. The predicted molar refractivity (Wildman–Crippen MR) is 72.6 cm³/mol. The lowest BCUT2D eigenvalue weighted by Crippen LogP contribution is -2.36. The number of allylic oxidation sites excluding steroid dienone is 1. The first-order valence-corrected chi connectivity index (χ1v) is 6.19. The Hall–Kier alpha value is -1.80. The molecule has 1 unspecified atom stereocenters. The van der Waals surface area contributed by atoms with Crippen LogP contribution in [0.5, 0.6) is 5.75 Å². The summed E-state index contributed by atoms with van der Waals surface area (Å²) in [6, 6.07) is 12.4. The summed E-state index contributed by atoms with van der Waals surface area (Å²) in [5.74, 6) is 0.269. The van der Waals surface area contributed by atoms with Crippen molar-refractivity contribution in [2.75, 3.05) is 0 Å². The Balaban J connectivity index is 2.11. The molecule has 18 heavy (non-hydrogen) atoms. The molecule has 0 radical (unpaired) electrons. The van der Waals surface area contributed by atoms with Gasteiger partial charge in [-0.05, 0) is 29.8 Å². The van der Waals surface area contributed by atoms with Crippen LogP contribution in [0.1, 0.15) is 19.4 Å². The van der Waals surface area contributed by atoms with E-state index in [9.17, 15) is 0 Å². The monoisotopic (exact) mass is 240 g/mol. The van der Waals surface area contributed by atoms with Gasteiger partial charge >= 0.3 is 0 Å². The molecule has 92 valence electrons. The summed E-state index contributed by atoms with van der Waals surface area (Å²) in [4.78, 5) is 0. The van der Waals surface area contributed by atoms with E-state index >= 15 is 0 Å². The average molecular weight is 240 g/mol. The van der Waals surface area contributed by atoms with E-state index in [1.165, 1.54) is 10.8 Å². The van der Waals surface area contributed by atoms with E-state index < -0.39 is 5.79 Å². The van der Waals surface area contributed by atoms with Crippen molar-refractivity contribution >= 4 is 10.8 Å². The highest BCUT2D eigenvalue weighted by Gasteiger charge is 2.30. The summed E-state index contributed by atoms with van der Waals surface area (Å²) >= 11 is 0. The Morgan fingerprint density at radius 1 is 1.17 bits per heavy atom. The van der Waals surface area contributed by atoms with Gasteiger partial charge in [0.1, 0.15) is 5.75 Å². The minimum absolute atomic E-state index is 0.581. The topological polar surface area (TPSA) is 18.5 Å². The Morgan fingerprint density at radius 2 is 2.00 bits per heavy atom. The highest BCUT2D eigenvalue weighted by molar-refractivity contribution is 5.87. The molecule has 2 aromatic carbocycles. The Labute approximate surface area is 107 Å². The largest absolute Gasteiger partial charge is 0.459 e. The zero-order valence-electron chi connectivity index (χ0n) is 10.6. The third kappa shape index (κ3) is 1.79. The third-order valence-corrected chi connectivity index (χ3v) is 3.28. The molecule has 2 heteroatoms. The summed E-state index contributed by atoms with van der Waals surface area (Å²) < 4.78 is 11.8. The number of rotatable bonds is 1. The lowest BCUT2D eigenvalue weighted by molar-refractivity contribution is -0.157. The van der Waals surface area contributed by atoms with Gasteiger partial charge in [0.15, 0.2) is 0 Å². The maximum absolute atomic E-state index is 5.96. The van der Waals surface area contributed by atoms with Crippen LogP contribution in [0.4, 0.5) is 0 Å². The predicted octanol–water partition coefficient (Wildman–Crippen LogP) is 4.04. The van der Waals surface area contributed by atoms with Gasteiger partial charge in [0.25, 0.3) is 0 Å². The van der Waals surface area contributed by atoms with E-state index in [1.54, 1.807) is 0 Å². The fraction of sp³-hybridized carbons (Fsp3) is 0.250. The van der Waals surface area contributed by atoms with Gasteiger partial charge in [-0.1, -0.05) is 36.4 Å². The van der Waals surface area contributed by atoms with Crippen LogP contribution in [0, 0.1) is 0 Å². The normalized spacial score (nSPS) is 23.0. The van der Waals surface area contributed by atoms with Gasteiger partial charge in [0, 0.05) is 12.5 Å². The van der Waals surface area contributed by atoms with Gasteiger partial charge < -0.3 is 9.47 Å². The van der Waals surface area contributed by atoms with E-state index in [4.69, 9.17) is 9.47 Å². The second kappa shape index (κ2) is 4.14. The van der Waals surface area contributed by atoms with Crippen molar-refractivity contribution in [3.05, 3.63) is 54.1 Å². The molecule has 0 saturated heterocycles. The van der Waals surface area contributed by atoms with E-state index in [1.807, 2.05) is 44.2 Å². The van der Waals surface area contributed by atoms with E-state index in [2.05, 4.69) is 18.2 Å². The molecule has 0 fully saturated rings. The number of hydrogen-bond donors (Lipinski definition) is 0. The fourth-order valence-electron chi connectivity index (χ4n) is 2.41. The molecular formula is C16H16O2. The molecule has 1 aliphatic rings. The molecule has 2 aromatic rings. The van der Waals surface area contributed by atoms with Crippen LogP contribution in [0.3, 0.4) is 0 Å². The van der Waals surface area contributed by atoms with E-state index in [-0.39, 0.29) is 0 Å². The first-order valence-electron chi connectivity index (χ1n) is 6.19. The maximum Gasteiger partial charge on any atom is 0.227 e. The first-order chi connectivity index (χ1) is 8.72. The number of hydrogen-bond acceptors (Lipinski definition) is 2.